The van der Waals surface area contributed by atoms with E-state index in [9.17, 15) is 0 Å². The molecule has 23 heavy (non-hydrogen) atoms. The molecule has 7 heteroatoms. The number of ether oxygens (including phenoxy) is 3. The van der Waals surface area contributed by atoms with Crippen molar-refractivity contribution in [3.63, 3.8) is 0 Å². The molecule has 1 saturated heterocycles. The van der Waals surface area contributed by atoms with Crippen molar-refractivity contribution < 1.29 is 14.2 Å². The Morgan fingerprint density at radius 3 is 2.96 bits per heavy atom. The Morgan fingerprint density at radius 1 is 1.30 bits per heavy atom. The van der Waals surface area contributed by atoms with Gasteiger partial charge in [-0.05, 0) is 25.0 Å². The summed E-state index contributed by atoms with van der Waals surface area (Å²) in [6, 6.07) is 5.57. The minimum Gasteiger partial charge on any atom is -0.497 e. The SMILES string of the molecule is COc1ccc(-c2cnnc(NC[C@@H]3CCCO3)n2)c(OC)c1. The van der Waals surface area contributed by atoms with Gasteiger partial charge < -0.3 is 19.5 Å². The number of methoxy groups -OCH3 is 2. The van der Waals surface area contributed by atoms with Crippen LogP contribution in [0.2, 0.25) is 0 Å². The highest BCUT2D eigenvalue weighted by Gasteiger charge is 2.16. The molecule has 3 rings (SSSR count). The van der Waals surface area contributed by atoms with Crippen LogP contribution < -0.4 is 14.8 Å². The van der Waals surface area contributed by atoms with E-state index in [2.05, 4.69) is 20.5 Å². The van der Waals surface area contributed by atoms with Crippen molar-refractivity contribution >= 4 is 5.95 Å². The molecule has 1 aromatic carbocycles. The van der Waals surface area contributed by atoms with Crippen LogP contribution >= 0.6 is 0 Å². The zero-order valence-electron chi connectivity index (χ0n) is 13.3. The van der Waals surface area contributed by atoms with Crippen LogP contribution in [-0.2, 0) is 4.74 Å². The van der Waals surface area contributed by atoms with Crippen LogP contribution in [0.1, 0.15) is 12.8 Å². The Kier molecular flexibility index (Phi) is 4.87. The molecule has 0 amide bonds. The Labute approximate surface area is 135 Å². The summed E-state index contributed by atoms with van der Waals surface area (Å²) >= 11 is 0. The Bertz CT molecular complexity index is 660. The van der Waals surface area contributed by atoms with Gasteiger partial charge in [-0.2, -0.15) is 5.10 Å². The molecular weight excluding hydrogens is 296 g/mol. The van der Waals surface area contributed by atoms with Crippen molar-refractivity contribution in [3.05, 3.63) is 24.4 Å². The van der Waals surface area contributed by atoms with Gasteiger partial charge in [-0.25, -0.2) is 4.98 Å². The van der Waals surface area contributed by atoms with Gasteiger partial charge >= 0.3 is 0 Å². The Morgan fingerprint density at radius 2 is 2.22 bits per heavy atom. The van der Waals surface area contributed by atoms with Gasteiger partial charge in [0.1, 0.15) is 11.5 Å². The van der Waals surface area contributed by atoms with Crippen LogP contribution in [0.3, 0.4) is 0 Å². The fourth-order valence-corrected chi connectivity index (χ4v) is 2.53. The molecule has 1 fully saturated rings. The summed E-state index contributed by atoms with van der Waals surface area (Å²) in [5, 5.41) is 11.2. The van der Waals surface area contributed by atoms with Crippen molar-refractivity contribution in [1.82, 2.24) is 15.2 Å². The Balaban J connectivity index is 1.78. The maximum Gasteiger partial charge on any atom is 0.243 e. The molecule has 1 N–H and O–H groups in total. The highest BCUT2D eigenvalue weighted by Crippen LogP contribution is 2.32. The standard InChI is InChI=1S/C16H20N4O3/c1-21-11-5-6-13(15(8-11)22-2)14-10-18-20-16(19-14)17-9-12-4-3-7-23-12/h5-6,8,10,12H,3-4,7,9H2,1-2H3,(H,17,19,20)/t12-/m0/s1. The first kappa shape index (κ1) is 15.5. The lowest BCUT2D eigenvalue weighted by atomic mass is 10.1. The maximum absolute atomic E-state index is 5.58. The number of nitrogens with one attached hydrogen (secondary N) is 1. The van der Waals surface area contributed by atoms with Crippen molar-refractivity contribution in [3.8, 4) is 22.8 Å². The van der Waals surface area contributed by atoms with Gasteiger partial charge in [-0.1, -0.05) is 0 Å². The van der Waals surface area contributed by atoms with Crippen LogP contribution in [0.5, 0.6) is 11.5 Å². The first-order valence-corrected chi connectivity index (χ1v) is 7.57. The van der Waals surface area contributed by atoms with Crippen molar-refractivity contribution in [2.24, 2.45) is 0 Å². The fourth-order valence-electron chi connectivity index (χ4n) is 2.53. The van der Waals surface area contributed by atoms with E-state index in [-0.39, 0.29) is 6.10 Å². The van der Waals surface area contributed by atoms with E-state index in [1.165, 1.54) is 0 Å². The van der Waals surface area contributed by atoms with Gasteiger partial charge in [0.2, 0.25) is 5.95 Å². The maximum atomic E-state index is 5.58. The summed E-state index contributed by atoms with van der Waals surface area (Å²) in [7, 11) is 3.23. The first-order valence-electron chi connectivity index (χ1n) is 7.57. The largest absolute Gasteiger partial charge is 0.497 e. The second-order valence-electron chi connectivity index (χ2n) is 5.25. The summed E-state index contributed by atoms with van der Waals surface area (Å²) in [6.45, 7) is 1.51. The zero-order chi connectivity index (χ0) is 16.1. The quantitative estimate of drug-likeness (QED) is 0.874. The van der Waals surface area contributed by atoms with Gasteiger partial charge in [-0.3, -0.25) is 0 Å². The van der Waals surface area contributed by atoms with E-state index in [1.54, 1.807) is 20.4 Å². The molecule has 1 atom stereocenters. The van der Waals surface area contributed by atoms with E-state index in [1.807, 2.05) is 18.2 Å². The smallest absolute Gasteiger partial charge is 0.243 e. The topological polar surface area (TPSA) is 78.4 Å². The number of anilines is 1. The van der Waals surface area contributed by atoms with E-state index >= 15 is 0 Å². The van der Waals surface area contributed by atoms with E-state index in [0.717, 1.165) is 30.8 Å². The number of aromatic nitrogens is 3. The van der Waals surface area contributed by atoms with Crippen LogP contribution in [-0.4, -0.2) is 48.7 Å². The lowest BCUT2D eigenvalue weighted by Gasteiger charge is -2.12. The number of benzene rings is 1. The van der Waals surface area contributed by atoms with Gasteiger partial charge in [0.25, 0.3) is 0 Å². The third kappa shape index (κ3) is 3.68. The van der Waals surface area contributed by atoms with E-state index < -0.39 is 0 Å². The Hall–Kier alpha value is -2.41. The van der Waals surface area contributed by atoms with Crippen LogP contribution in [0.15, 0.2) is 24.4 Å². The second kappa shape index (κ2) is 7.23. The molecule has 0 saturated carbocycles. The molecular formula is C16H20N4O3. The first-order chi connectivity index (χ1) is 11.3. The van der Waals surface area contributed by atoms with Gasteiger partial charge in [0.05, 0.1) is 32.2 Å². The minimum atomic E-state index is 0.220. The highest BCUT2D eigenvalue weighted by atomic mass is 16.5. The fraction of sp³-hybridized carbons (Fsp3) is 0.438. The van der Waals surface area contributed by atoms with Crippen molar-refractivity contribution in [2.75, 3.05) is 32.7 Å². The van der Waals surface area contributed by atoms with Gasteiger partial charge in [0.15, 0.2) is 0 Å². The third-order valence-electron chi connectivity index (χ3n) is 3.76. The van der Waals surface area contributed by atoms with Crippen molar-refractivity contribution in [1.29, 1.82) is 0 Å². The van der Waals surface area contributed by atoms with Gasteiger partial charge in [0, 0.05) is 24.8 Å². The second-order valence-corrected chi connectivity index (χ2v) is 5.25. The molecule has 0 unspecified atom stereocenters. The van der Waals surface area contributed by atoms with Crippen LogP contribution in [0.4, 0.5) is 5.95 Å². The number of hydrogen-bond acceptors (Lipinski definition) is 7. The molecule has 1 aliphatic heterocycles. The van der Waals surface area contributed by atoms with Gasteiger partial charge in [-0.15, -0.1) is 5.10 Å². The number of hydrogen-bond donors (Lipinski definition) is 1. The number of rotatable bonds is 6. The molecule has 1 aliphatic rings. The third-order valence-corrected chi connectivity index (χ3v) is 3.76. The average molecular weight is 316 g/mol. The molecule has 2 aromatic rings. The van der Waals surface area contributed by atoms with Crippen LogP contribution in [0, 0.1) is 0 Å². The summed E-state index contributed by atoms with van der Waals surface area (Å²) in [5.74, 6) is 1.88. The molecule has 0 aliphatic carbocycles. The molecule has 0 bridgehead atoms. The lowest BCUT2D eigenvalue weighted by molar-refractivity contribution is 0.120. The average Bonchev–Trinajstić information content (AvgIpc) is 3.13. The molecule has 1 aromatic heterocycles. The monoisotopic (exact) mass is 316 g/mol. The molecule has 2 heterocycles. The zero-order valence-corrected chi connectivity index (χ0v) is 13.3. The van der Waals surface area contributed by atoms with Crippen molar-refractivity contribution in [2.45, 2.75) is 18.9 Å². The predicted octanol–water partition coefficient (Wildman–Crippen LogP) is 2.15. The van der Waals surface area contributed by atoms with E-state index in [0.29, 0.717) is 23.9 Å². The van der Waals surface area contributed by atoms with E-state index in [4.69, 9.17) is 14.2 Å². The highest BCUT2D eigenvalue weighted by molar-refractivity contribution is 5.68. The molecule has 0 spiro atoms. The molecule has 0 radical (unpaired) electrons. The summed E-state index contributed by atoms with van der Waals surface area (Å²) in [4.78, 5) is 4.51. The van der Waals surface area contributed by atoms with Crippen LogP contribution in [0.25, 0.3) is 11.3 Å². The molecule has 7 nitrogen and oxygen atoms in total. The summed E-state index contributed by atoms with van der Waals surface area (Å²) in [5.41, 5.74) is 1.53. The summed E-state index contributed by atoms with van der Waals surface area (Å²) in [6.07, 6.45) is 4.00. The normalized spacial score (nSPS) is 17.0. The summed E-state index contributed by atoms with van der Waals surface area (Å²) < 4.78 is 16.2. The number of nitrogens with zero attached hydrogens (tertiary/aromatic N) is 3. The predicted molar refractivity (Wildman–Crippen MR) is 85.8 cm³/mol. The lowest BCUT2D eigenvalue weighted by Crippen LogP contribution is -2.19. The minimum absolute atomic E-state index is 0.220. The molecule has 122 valence electrons.